The molecule has 6 heteroatoms. The van der Waals surface area contributed by atoms with Crippen LogP contribution < -0.4 is 4.74 Å². The first kappa shape index (κ1) is 44.0. The van der Waals surface area contributed by atoms with Gasteiger partial charge < -0.3 is 19.7 Å². The van der Waals surface area contributed by atoms with E-state index in [2.05, 4.69) is 39.1 Å². The number of aryl methyl sites for hydroxylation is 2. The van der Waals surface area contributed by atoms with E-state index in [4.69, 9.17) is 9.47 Å². The highest BCUT2D eigenvalue weighted by atomic mass is 16.5. The summed E-state index contributed by atoms with van der Waals surface area (Å²) in [6, 6.07) is 4.73. The number of benzene rings is 1. The number of rotatable bonds is 25. The molecule has 0 spiro atoms. The van der Waals surface area contributed by atoms with Gasteiger partial charge in [-0.3, -0.25) is 4.79 Å². The molecule has 1 aromatic rings. The minimum absolute atomic E-state index is 0.0761. The number of ether oxygens (including phenoxy) is 2. The van der Waals surface area contributed by atoms with Gasteiger partial charge in [-0.25, -0.2) is 4.79 Å². The number of carbonyl (C=O) groups is 2. The SMILES string of the molecule is C=C(C)C(=O)CCCCc1cc(C2CCC(C3CCC(CCCCC)CC3)CC2)cc(CCCOC(=O)C(=C)C)c1OCCC(CO)(CO)CCC. The third-order valence-corrected chi connectivity index (χ3v) is 12.4. The molecule has 1 aromatic carbocycles. The summed E-state index contributed by atoms with van der Waals surface area (Å²) >= 11 is 0. The smallest absolute Gasteiger partial charge is 0.333 e. The Labute approximate surface area is 317 Å². The first-order chi connectivity index (χ1) is 25.1. The molecular weight excluding hydrogens is 649 g/mol. The van der Waals surface area contributed by atoms with Gasteiger partial charge in [-0.05, 0) is 143 Å². The van der Waals surface area contributed by atoms with Crippen LogP contribution in [0.15, 0.2) is 36.4 Å². The summed E-state index contributed by atoms with van der Waals surface area (Å²) < 4.78 is 12.1. The summed E-state index contributed by atoms with van der Waals surface area (Å²) in [6.07, 6.45) is 22.8. The Morgan fingerprint density at radius 2 is 1.37 bits per heavy atom. The Morgan fingerprint density at radius 1 is 0.750 bits per heavy atom. The van der Waals surface area contributed by atoms with Crippen molar-refractivity contribution in [3.05, 3.63) is 53.1 Å². The molecule has 0 unspecified atom stereocenters. The van der Waals surface area contributed by atoms with E-state index in [-0.39, 0.29) is 25.0 Å². The first-order valence-corrected chi connectivity index (χ1v) is 21.1. The van der Waals surface area contributed by atoms with Crippen LogP contribution >= 0.6 is 0 Å². The van der Waals surface area contributed by atoms with E-state index in [0.29, 0.717) is 56.0 Å². The van der Waals surface area contributed by atoms with Crippen LogP contribution in [-0.2, 0) is 27.2 Å². The lowest BCUT2D eigenvalue weighted by Crippen LogP contribution is -2.31. The van der Waals surface area contributed by atoms with Crippen LogP contribution in [0.2, 0.25) is 0 Å². The van der Waals surface area contributed by atoms with Crippen LogP contribution in [0.4, 0.5) is 0 Å². The normalized spacial score (nSPS) is 20.7. The molecule has 0 heterocycles. The Bertz CT molecular complexity index is 1190. The average molecular weight is 723 g/mol. The van der Waals surface area contributed by atoms with Crippen LogP contribution in [0, 0.1) is 23.2 Å². The molecule has 0 amide bonds. The summed E-state index contributed by atoms with van der Waals surface area (Å²) in [4.78, 5) is 24.4. The lowest BCUT2D eigenvalue weighted by molar-refractivity contribution is -0.139. The molecular formula is C46H74O6. The van der Waals surface area contributed by atoms with Gasteiger partial charge in [0.05, 0.1) is 26.4 Å². The van der Waals surface area contributed by atoms with Crippen molar-refractivity contribution >= 4 is 11.8 Å². The molecule has 2 aliphatic carbocycles. The van der Waals surface area contributed by atoms with Gasteiger partial charge in [-0.1, -0.05) is 84.1 Å². The van der Waals surface area contributed by atoms with Crippen molar-refractivity contribution < 1.29 is 29.3 Å². The number of allylic oxidation sites excluding steroid dienone is 1. The summed E-state index contributed by atoms with van der Waals surface area (Å²) in [5, 5.41) is 20.4. The quantitative estimate of drug-likeness (QED) is 0.0593. The molecule has 0 atom stereocenters. The Kier molecular flexibility index (Phi) is 19.8. The van der Waals surface area contributed by atoms with Crippen molar-refractivity contribution in [2.24, 2.45) is 23.2 Å². The van der Waals surface area contributed by atoms with Gasteiger partial charge in [0.1, 0.15) is 5.75 Å². The van der Waals surface area contributed by atoms with Gasteiger partial charge in [0.25, 0.3) is 0 Å². The maximum Gasteiger partial charge on any atom is 0.333 e. The standard InChI is InChI=1S/C46H74O6/c1-7-9-10-14-36-18-20-37(21-19-36)38-22-24-39(25-23-38)42-30-40(15-11-12-17-43(49)34(3)4)44(51-29-27-46(32-47,33-48)26-8-2)41(31-42)16-13-28-52-45(50)35(5)6/h30-31,36-39,47-48H,3,5,7-29,32-33H2,1-2,4,6H3. The third-order valence-electron chi connectivity index (χ3n) is 12.4. The van der Waals surface area contributed by atoms with Gasteiger partial charge >= 0.3 is 5.97 Å². The lowest BCUT2D eigenvalue weighted by atomic mass is 9.67. The molecule has 6 nitrogen and oxygen atoms in total. The molecule has 52 heavy (non-hydrogen) atoms. The van der Waals surface area contributed by atoms with Crippen LogP contribution in [0.5, 0.6) is 5.75 Å². The number of Topliss-reactive ketones (excluding diaryl/α,β-unsaturated/α-hetero) is 1. The van der Waals surface area contributed by atoms with E-state index in [0.717, 1.165) is 61.2 Å². The molecule has 0 radical (unpaired) electrons. The minimum Gasteiger partial charge on any atom is -0.493 e. The zero-order valence-corrected chi connectivity index (χ0v) is 33.6. The van der Waals surface area contributed by atoms with E-state index in [9.17, 15) is 19.8 Å². The van der Waals surface area contributed by atoms with E-state index < -0.39 is 5.41 Å². The van der Waals surface area contributed by atoms with Gasteiger partial charge in [-0.15, -0.1) is 0 Å². The predicted molar refractivity (Wildman–Crippen MR) is 214 cm³/mol. The summed E-state index contributed by atoms with van der Waals surface area (Å²) in [6.45, 7) is 15.9. The lowest BCUT2D eigenvalue weighted by Gasteiger charge is -2.38. The molecule has 2 saturated carbocycles. The zero-order valence-electron chi connectivity index (χ0n) is 33.6. The van der Waals surface area contributed by atoms with E-state index >= 15 is 0 Å². The fraction of sp³-hybridized carbons (Fsp3) is 0.739. The molecule has 2 fully saturated rings. The molecule has 0 aromatic heterocycles. The van der Waals surface area contributed by atoms with Crippen molar-refractivity contribution in [3.63, 3.8) is 0 Å². The second-order valence-corrected chi connectivity index (χ2v) is 16.7. The van der Waals surface area contributed by atoms with E-state index in [1.165, 1.54) is 88.2 Å². The highest BCUT2D eigenvalue weighted by molar-refractivity contribution is 5.94. The van der Waals surface area contributed by atoms with Gasteiger partial charge in [0.2, 0.25) is 0 Å². The number of ketones is 1. The number of unbranched alkanes of at least 4 members (excludes halogenated alkanes) is 3. The maximum atomic E-state index is 12.3. The largest absolute Gasteiger partial charge is 0.493 e. The fourth-order valence-corrected chi connectivity index (χ4v) is 8.89. The maximum absolute atomic E-state index is 12.3. The van der Waals surface area contributed by atoms with Crippen LogP contribution in [0.1, 0.15) is 172 Å². The van der Waals surface area contributed by atoms with Gasteiger partial charge in [-0.2, -0.15) is 0 Å². The van der Waals surface area contributed by atoms with Crippen molar-refractivity contribution in [1.29, 1.82) is 0 Å². The molecule has 294 valence electrons. The molecule has 2 aliphatic rings. The molecule has 0 saturated heterocycles. The van der Waals surface area contributed by atoms with Gasteiger partial charge in [0, 0.05) is 17.4 Å². The van der Waals surface area contributed by atoms with Gasteiger partial charge in [0.15, 0.2) is 5.78 Å². The molecule has 3 rings (SSSR count). The minimum atomic E-state index is -0.568. The Hall–Kier alpha value is -2.44. The number of hydrogen-bond acceptors (Lipinski definition) is 6. The van der Waals surface area contributed by atoms with Crippen LogP contribution in [0.25, 0.3) is 0 Å². The summed E-state index contributed by atoms with van der Waals surface area (Å²) in [5.41, 5.74) is 4.14. The highest BCUT2D eigenvalue weighted by Crippen LogP contribution is 2.46. The number of aliphatic hydroxyl groups excluding tert-OH is 2. The average Bonchev–Trinajstić information content (AvgIpc) is 3.15. The molecule has 2 N–H and O–H groups in total. The number of carbonyl (C=O) groups excluding carboxylic acids is 2. The van der Waals surface area contributed by atoms with Crippen molar-refractivity contribution in [1.82, 2.24) is 0 Å². The van der Waals surface area contributed by atoms with Crippen molar-refractivity contribution in [2.75, 3.05) is 26.4 Å². The van der Waals surface area contributed by atoms with Crippen LogP contribution in [0.3, 0.4) is 0 Å². The number of esters is 1. The Balaban J connectivity index is 1.80. The van der Waals surface area contributed by atoms with Crippen molar-refractivity contribution in [3.8, 4) is 5.75 Å². The monoisotopic (exact) mass is 723 g/mol. The van der Waals surface area contributed by atoms with Crippen LogP contribution in [-0.4, -0.2) is 48.4 Å². The molecule has 0 aliphatic heterocycles. The second-order valence-electron chi connectivity index (χ2n) is 16.7. The Morgan fingerprint density at radius 3 is 1.92 bits per heavy atom. The zero-order chi connectivity index (χ0) is 37.9. The predicted octanol–water partition coefficient (Wildman–Crippen LogP) is 10.8. The van der Waals surface area contributed by atoms with E-state index in [1.807, 2.05) is 0 Å². The van der Waals surface area contributed by atoms with Crippen molar-refractivity contribution in [2.45, 2.75) is 168 Å². The summed E-state index contributed by atoms with van der Waals surface area (Å²) in [5.74, 6) is 3.86. The molecule has 0 bridgehead atoms. The number of hydrogen-bond donors (Lipinski definition) is 2. The fourth-order valence-electron chi connectivity index (χ4n) is 8.89. The topological polar surface area (TPSA) is 93.1 Å². The summed E-state index contributed by atoms with van der Waals surface area (Å²) in [7, 11) is 0. The third kappa shape index (κ3) is 14.1. The second kappa shape index (κ2) is 23.4. The first-order valence-electron chi connectivity index (χ1n) is 21.1. The number of aliphatic hydroxyl groups is 2. The van der Waals surface area contributed by atoms with E-state index in [1.54, 1.807) is 13.8 Å². The highest BCUT2D eigenvalue weighted by Gasteiger charge is 2.32.